The third-order valence-corrected chi connectivity index (χ3v) is 6.58. The molecule has 7 heteroatoms. The molecule has 1 aromatic heterocycles. The predicted octanol–water partition coefficient (Wildman–Crippen LogP) is 5.83. The summed E-state index contributed by atoms with van der Waals surface area (Å²) in [5.74, 6) is 1.32. The highest BCUT2D eigenvalue weighted by Gasteiger charge is 2.30. The molecule has 0 bridgehead atoms. The van der Waals surface area contributed by atoms with Crippen molar-refractivity contribution in [2.24, 2.45) is 0 Å². The fraction of sp³-hybridized carbons (Fsp3) is 0.214. The monoisotopic (exact) mass is 347 g/mol. The van der Waals surface area contributed by atoms with Crippen molar-refractivity contribution in [2.45, 2.75) is 17.7 Å². The summed E-state index contributed by atoms with van der Waals surface area (Å²) in [6.07, 6.45) is -2.53. The molecular formula is C14H12F3NS3. The highest BCUT2D eigenvalue weighted by Crippen LogP contribution is 2.39. The molecule has 2 aromatic rings. The van der Waals surface area contributed by atoms with Crippen LogP contribution in [0.5, 0.6) is 0 Å². The summed E-state index contributed by atoms with van der Waals surface area (Å²) in [6.45, 7) is 0. The van der Waals surface area contributed by atoms with Crippen molar-refractivity contribution in [1.29, 1.82) is 0 Å². The number of hydrogen-bond donors (Lipinski definition) is 0. The van der Waals surface area contributed by atoms with Crippen LogP contribution >= 0.6 is 31.4 Å². The Morgan fingerprint density at radius 2 is 1.76 bits per heavy atom. The summed E-state index contributed by atoms with van der Waals surface area (Å²) in [4.78, 5) is 4.20. The minimum Gasteiger partial charge on any atom is -0.260 e. The zero-order chi connectivity index (χ0) is 15.1. The van der Waals surface area contributed by atoms with Gasteiger partial charge < -0.3 is 0 Å². The average Bonchev–Trinajstić information content (AvgIpc) is 2.47. The third-order valence-electron chi connectivity index (χ3n) is 2.51. The van der Waals surface area contributed by atoms with Gasteiger partial charge >= 0.3 is 6.18 Å². The zero-order valence-corrected chi connectivity index (χ0v) is 13.3. The van der Waals surface area contributed by atoms with E-state index >= 15 is 0 Å². The van der Waals surface area contributed by atoms with Gasteiger partial charge in [0.2, 0.25) is 0 Å². The van der Waals surface area contributed by atoms with Gasteiger partial charge in [-0.1, -0.05) is 45.9 Å². The molecule has 0 saturated carbocycles. The number of hydrogen-bond acceptors (Lipinski definition) is 4. The van der Waals surface area contributed by atoms with Gasteiger partial charge in [-0.3, -0.25) is 4.98 Å². The van der Waals surface area contributed by atoms with Crippen molar-refractivity contribution in [1.82, 2.24) is 4.98 Å². The van der Waals surface area contributed by atoms with Crippen LogP contribution in [0.1, 0.15) is 16.8 Å². The van der Waals surface area contributed by atoms with Gasteiger partial charge in [-0.15, -0.1) is 0 Å². The Hall–Kier alpha value is -0.790. The topological polar surface area (TPSA) is 12.9 Å². The maximum absolute atomic E-state index is 12.6. The van der Waals surface area contributed by atoms with Crippen LogP contribution in [0.3, 0.4) is 0 Å². The van der Waals surface area contributed by atoms with E-state index in [-0.39, 0.29) is 0 Å². The highest BCUT2D eigenvalue weighted by atomic mass is 33.5. The fourth-order valence-corrected chi connectivity index (χ4v) is 5.04. The van der Waals surface area contributed by atoms with Gasteiger partial charge in [0, 0.05) is 17.7 Å². The minimum atomic E-state index is -4.28. The quantitative estimate of drug-likeness (QED) is 0.481. The predicted molar refractivity (Wildman–Crippen MR) is 85.9 cm³/mol. The van der Waals surface area contributed by atoms with E-state index in [4.69, 9.17) is 0 Å². The van der Waals surface area contributed by atoms with Crippen molar-refractivity contribution in [3.05, 3.63) is 65.5 Å². The number of aromatic nitrogens is 1. The van der Waals surface area contributed by atoms with Gasteiger partial charge in [0.05, 0.1) is 11.3 Å². The molecule has 0 aliphatic heterocycles. The Kier molecular flexibility index (Phi) is 6.32. The molecule has 1 aromatic carbocycles. The van der Waals surface area contributed by atoms with Crippen LogP contribution in [-0.2, 0) is 17.7 Å². The van der Waals surface area contributed by atoms with Crippen molar-refractivity contribution in [3.63, 3.8) is 0 Å². The van der Waals surface area contributed by atoms with Crippen molar-refractivity contribution < 1.29 is 13.2 Å². The molecule has 21 heavy (non-hydrogen) atoms. The summed E-state index contributed by atoms with van der Waals surface area (Å²) >= 11 is 0. The fourth-order valence-electron chi connectivity index (χ4n) is 1.53. The van der Waals surface area contributed by atoms with E-state index in [0.29, 0.717) is 11.3 Å². The van der Waals surface area contributed by atoms with Crippen molar-refractivity contribution in [2.75, 3.05) is 0 Å². The number of pyridine rings is 1. The van der Waals surface area contributed by atoms with Crippen LogP contribution < -0.4 is 0 Å². The Morgan fingerprint density at radius 3 is 2.48 bits per heavy atom. The highest BCUT2D eigenvalue weighted by molar-refractivity contribution is 9.09. The molecule has 112 valence electrons. The third kappa shape index (κ3) is 5.84. The second-order valence-electron chi connectivity index (χ2n) is 4.11. The van der Waals surface area contributed by atoms with Crippen LogP contribution in [-0.4, -0.2) is 4.98 Å². The Labute approximate surface area is 132 Å². The van der Waals surface area contributed by atoms with Gasteiger partial charge in [-0.05, 0) is 33.6 Å². The Morgan fingerprint density at radius 1 is 0.952 bits per heavy atom. The van der Waals surface area contributed by atoms with Crippen LogP contribution in [0, 0.1) is 0 Å². The van der Waals surface area contributed by atoms with Crippen molar-refractivity contribution >= 4 is 31.4 Å². The van der Waals surface area contributed by atoms with E-state index in [1.807, 2.05) is 18.2 Å². The van der Waals surface area contributed by atoms with E-state index in [1.165, 1.54) is 22.9 Å². The number of halogens is 3. The van der Waals surface area contributed by atoms with Crippen LogP contribution in [0.2, 0.25) is 0 Å². The summed E-state index contributed by atoms with van der Waals surface area (Å²) in [6, 6.07) is 11.2. The molecule has 2 rings (SSSR count). The van der Waals surface area contributed by atoms with Gasteiger partial charge in [-0.25, -0.2) is 0 Å². The summed E-state index contributed by atoms with van der Waals surface area (Å²) in [5, 5.41) is 0. The SMILES string of the molecule is FC(F)(F)c1cccc(CSSSCc2ccccn2)c1. The first-order valence-corrected chi connectivity index (χ1v) is 9.85. The molecule has 0 saturated heterocycles. The summed E-state index contributed by atoms with van der Waals surface area (Å²) in [7, 11) is 4.73. The second-order valence-corrected chi connectivity index (χ2v) is 8.34. The molecule has 0 spiro atoms. The lowest BCUT2D eigenvalue weighted by Crippen LogP contribution is -2.04. The first-order valence-electron chi connectivity index (χ1n) is 6.03. The van der Waals surface area contributed by atoms with Gasteiger partial charge in [0.15, 0.2) is 0 Å². The largest absolute Gasteiger partial charge is 0.416 e. The summed E-state index contributed by atoms with van der Waals surface area (Å²) in [5.41, 5.74) is 1.09. The molecule has 0 aliphatic rings. The van der Waals surface area contributed by atoms with E-state index in [2.05, 4.69) is 4.98 Å². The van der Waals surface area contributed by atoms with Gasteiger partial charge in [-0.2, -0.15) is 13.2 Å². The molecule has 1 nitrogen and oxygen atoms in total. The first kappa shape index (κ1) is 16.6. The molecule has 0 unspecified atom stereocenters. The minimum absolute atomic E-state index is 0.545. The van der Waals surface area contributed by atoms with Gasteiger partial charge in [0.25, 0.3) is 0 Å². The normalized spacial score (nSPS) is 11.6. The maximum atomic E-state index is 12.6. The van der Waals surface area contributed by atoms with E-state index in [1.54, 1.807) is 32.9 Å². The van der Waals surface area contributed by atoms with Crippen LogP contribution in [0.25, 0.3) is 0 Å². The van der Waals surface area contributed by atoms with Crippen LogP contribution in [0.4, 0.5) is 13.2 Å². The molecule has 0 N–H and O–H groups in total. The lowest BCUT2D eigenvalue weighted by molar-refractivity contribution is -0.137. The lowest BCUT2D eigenvalue weighted by Gasteiger charge is -2.08. The smallest absolute Gasteiger partial charge is 0.260 e. The molecule has 0 amide bonds. The number of nitrogens with zero attached hydrogens (tertiary/aromatic N) is 1. The molecule has 0 radical (unpaired) electrons. The lowest BCUT2D eigenvalue weighted by atomic mass is 10.1. The molecule has 0 fully saturated rings. The number of alkyl halides is 3. The van der Waals surface area contributed by atoms with Crippen molar-refractivity contribution in [3.8, 4) is 0 Å². The van der Waals surface area contributed by atoms with Crippen LogP contribution in [0.15, 0.2) is 48.7 Å². The number of benzene rings is 1. The Balaban J connectivity index is 1.74. The molecule has 0 atom stereocenters. The summed E-state index contributed by atoms with van der Waals surface area (Å²) < 4.78 is 37.7. The van der Waals surface area contributed by atoms with E-state index in [0.717, 1.165) is 17.5 Å². The Bertz CT molecular complexity index is 561. The van der Waals surface area contributed by atoms with E-state index < -0.39 is 11.7 Å². The second kappa shape index (κ2) is 8.00. The van der Waals surface area contributed by atoms with E-state index in [9.17, 15) is 13.2 Å². The number of rotatable bonds is 6. The first-order chi connectivity index (χ1) is 10.1. The molecular weight excluding hydrogens is 335 g/mol. The average molecular weight is 347 g/mol. The maximum Gasteiger partial charge on any atom is 0.416 e. The van der Waals surface area contributed by atoms with Gasteiger partial charge in [0.1, 0.15) is 0 Å². The standard InChI is InChI=1S/C14H12F3NS3/c15-14(16,17)12-5-3-4-11(8-12)9-19-21-20-10-13-6-1-2-7-18-13/h1-8H,9-10H2. The molecule has 0 aliphatic carbocycles. The molecule has 1 heterocycles. The zero-order valence-electron chi connectivity index (χ0n) is 10.8.